The highest BCUT2D eigenvalue weighted by Crippen LogP contribution is 2.39. The lowest BCUT2D eigenvalue weighted by Gasteiger charge is -2.01. The van der Waals surface area contributed by atoms with Crippen molar-refractivity contribution in [1.82, 2.24) is 15.2 Å². The molecule has 0 saturated carbocycles. The molecular weight excluding hydrogens is 276 g/mol. The molecule has 6 nitrogen and oxygen atoms in total. The quantitative estimate of drug-likeness (QED) is 0.728. The fourth-order valence-electron chi connectivity index (χ4n) is 2.03. The number of fused-ring (bicyclic) bond motifs is 1. The van der Waals surface area contributed by atoms with Crippen molar-refractivity contribution in [2.24, 2.45) is 0 Å². The van der Waals surface area contributed by atoms with Crippen LogP contribution < -0.4 is 5.73 Å². The maximum Gasteiger partial charge on any atom is 0.259 e. The third-order valence-corrected chi connectivity index (χ3v) is 4.11. The number of nitrogens with two attached hydrogens (primary N) is 1. The number of aryl methyl sites for hydroxylation is 2. The molecule has 0 radical (unpaired) electrons. The molecule has 20 heavy (non-hydrogen) atoms. The molecule has 0 atom stereocenters. The van der Waals surface area contributed by atoms with Crippen LogP contribution in [-0.2, 0) is 0 Å². The molecule has 2 N–H and O–H groups in total. The molecule has 0 amide bonds. The predicted octanol–water partition coefficient (Wildman–Crippen LogP) is 2.75. The number of hydrogen-bond donors (Lipinski definition) is 1. The summed E-state index contributed by atoms with van der Waals surface area (Å²) in [6.07, 6.45) is 0. The van der Waals surface area contributed by atoms with Gasteiger partial charge in [0.15, 0.2) is 5.78 Å². The first kappa shape index (κ1) is 12.7. The topological polar surface area (TPSA) is 94.9 Å². The number of nitrogen functional groups attached to an aromatic ring is 1. The Morgan fingerprint density at radius 3 is 2.70 bits per heavy atom. The van der Waals surface area contributed by atoms with Crippen LogP contribution in [0.25, 0.3) is 21.0 Å². The minimum atomic E-state index is -0.0299. The summed E-state index contributed by atoms with van der Waals surface area (Å²) in [4.78, 5) is 17.5. The molecule has 7 heteroatoms. The van der Waals surface area contributed by atoms with Crippen LogP contribution in [0, 0.1) is 13.8 Å². The molecule has 3 rings (SSSR count). The highest BCUT2D eigenvalue weighted by Gasteiger charge is 2.19. The van der Waals surface area contributed by atoms with Gasteiger partial charge in [-0.05, 0) is 19.9 Å². The van der Waals surface area contributed by atoms with E-state index in [-0.39, 0.29) is 5.78 Å². The first-order valence-corrected chi connectivity index (χ1v) is 6.80. The Hall–Kier alpha value is -2.28. The average molecular weight is 288 g/mol. The third kappa shape index (κ3) is 1.87. The number of Topliss-reactive ketones (excluding diaryl/α,β-unsaturated/α-hetero) is 1. The van der Waals surface area contributed by atoms with Gasteiger partial charge in [-0.2, -0.15) is 0 Å². The van der Waals surface area contributed by atoms with Gasteiger partial charge in [0.05, 0.1) is 5.69 Å². The van der Waals surface area contributed by atoms with E-state index in [1.54, 1.807) is 13.0 Å². The lowest BCUT2D eigenvalue weighted by atomic mass is 10.1. The Kier molecular flexibility index (Phi) is 2.79. The zero-order valence-electron chi connectivity index (χ0n) is 11.2. The molecule has 3 aromatic heterocycles. The third-order valence-electron chi connectivity index (χ3n) is 3.01. The van der Waals surface area contributed by atoms with E-state index < -0.39 is 0 Å². The SMILES string of the molecule is CC(=O)c1cc2c(N)c(-c3nnc(C)o3)sc2nc1C. The van der Waals surface area contributed by atoms with Crippen LogP contribution in [0.3, 0.4) is 0 Å². The second kappa shape index (κ2) is 4.38. The molecular formula is C13H12N4O2S. The number of carbonyl (C=O) groups excluding carboxylic acids is 1. The Balaban J connectivity index is 2.27. The van der Waals surface area contributed by atoms with Crippen LogP contribution in [-0.4, -0.2) is 21.0 Å². The summed E-state index contributed by atoms with van der Waals surface area (Å²) in [6, 6.07) is 1.78. The second-order valence-corrected chi connectivity index (χ2v) is 5.50. The van der Waals surface area contributed by atoms with Crippen LogP contribution in [0.5, 0.6) is 0 Å². The molecule has 0 spiro atoms. The molecule has 3 aromatic rings. The number of aromatic nitrogens is 3. The number of pyridine rings is 1. The maximum absolute atomic E-state index is 11.6. The summed E-state index contributed by atoms with van der Waals surface area (Å²) in [7, 11) is 0. The fourth-order valence-corrected chi connectivity index (χ4v) is 3.08. The molecule has 0 fully saturated rings. The van der Waals surface area contributed by atoms with E-state index in [9.17, 15) is 4.79 Å². The van der Waals surface area contributed by atoms with Gasteiger partial charge in [-0.25, -0.2) is 4.98 Å². The summed E-state index contributed by atoms with van der Waals surface area (Å²) in [5.74, 6) is 0.827. The monoisotopic (exact) mass is 288 g/mol. The molecule has 0 aliphatic heterocycles. The van der Waals surface area contributed by atoms with E-state index >= 15 is 0 Å². The van der Waals surface area contributed by atoms with Crippen molar-refractivity contribution in [3.63, 3.8) is 0 Å². The second-order valence-electron chi connectivity index (χ2n) is 4.50. The van der Waals surface area contributed by atoms with Gasteiger partial charge in [-0.3, -0.25) is 4.79 Å². The van der Waals surface area contributed by atoms with Gasteiger partial charge < -0.3 is 10.2 Å². The van der Waals surface area contributed by atoms with Crippen LogP contribution in [0.1, 0.15) is 28.9 Å². The van der Waals surface area contributed by atoms with Gasteiger partial charge in [0.25, 0.3) is 5.89 Å². The van der Waals surface area contributed by atoms with Crippen molar-refractivity contribution in [2.45, 2.75) is 20.8 Å². The summed E-state index contributed by atoms with van der Waals surface area (Å²) >= 11 is 1.38. The Morgan fingerprint density at radius 2 is 2.10 bits per heavy atom. The van der Waals surface area contributed by atoms with Crippen molar-refractivity contribution < 1.29 is 9.21 Å². The minimum absolute atomic E-state index is 0.0299. The van der Waals surface area contributed by atoms with Crippen LogP contribution >= 0.6 is 11.3 Å². The van der Waals surface area contributed by atoms with Gasteiger partial charge >= 0.3 is 0 Å². The number of rotatable bonds is 2. The summed E-state index contributed by atoms with van der Waals surface area (Å²) in [5.41, 5.74) is 7.92. The molecule has 3 heterocycles. The Labute approximate surface area is 118 Å². The number of anilines is 1. The first-order valence-electron chi connectivity index (χ1n) is 5.98. The van der Waals surface area contributed by atoms with Crippen LogP contribution in [0.2, 0.25) is 0 Å². The zero-order chi connectivity index (χ0) is 14.4. The normalized spacial score (nSPS) is 11.2. The number of thiophene rings is 1. The van der Waals surface area contributed by atoms with Crippen molar-refractivity contribution in [2.75, 3.05) is 5.73 Å². The molecule has 0 aromatic carbocycles. The lowest BCUT2D eigenvalue weighted by Crippen LogP contribution is -1.98. The van der Waals surface area contributed by atoms with E-state index in [2.05, 4.69) is 15.2 Å². The Morgan fingerprint density at radius 1 is 1.35 bits per heavy atom. The molecule has 0 bridgehead atoms. The van der Waals surface area contributed by atoms with Gasteiger partial charge in [0.2, 0.25) is 5.89 Å². The predicted molar refractivity (Wildman–Crippen MR) is 76.8 cm³/mol. The van der Waals surface area contributed by atoms with Crippen molar-refractivity contribution in [3.05, 3.63) is 23.2 Å². The smallest absolute Gasteiger partial charge is 0.259 e. The van der Waals surface area contributed by atoms with Crippen molar-refractivity contribution in [1.29, 1.82) is 0 Å². The number of carbonyl (C=O) groups is 1. The van der Waals surface area contributed by atoms with Gasteiger partial charge in [-0.1, -0.05) is 0 Å². The van der Waals surface area contributed by atoms with Gasteiger partial charge in [0.1, 0.15) is 9.71 Å². The van der Waals surface area contributed by atoms with Crippen molar-refractivity contribution in [3.8, 4) is 10.8 Å². The minimum Gasteiger partial charge on any atom is -0.420 e. The summed E-state index contributed by atoms with van der Waals surface area (Å²) < 4.78 is 5.40. The largest absolute Gasteiger partial charge is 0.420 e. The van der Waals surface area contributed by atoms with E-state index in [0.717, 1.165) is 10.2 Å². The number of nitrogens with zero attached hydrogens (tertiary/aromatic N) is 3. The van der Waals surface area contributed by atoms with Gasteiger partial charge in [-0.15, -0.1) is 21.5 Å². The maximum atomic E-state index is 11.6. The average Bonchev–Trinajstić information content (AvgIpc) is 2.93. The van der Waals surface area contributed by atoms with Crippen molar-refractivity contribution >= 4 is 33.0 Å². The van der Waals surface area contributed by atoms with E-state index in [4.69, 9.17) is 10.2 Å². The zero-order valence-corrected chi connectivity index (χ0v) is 12.0. The fraction of sp³-hybridized carbons (Fsp3) is 0.231. The van der Waals surface area contributed by atoms with Gasteiger partial charge in [0, 0.05) is 23.6 Å². The summed E-state index contributed by atoms with van der Waals surface area (Å²) in [6.45, 7) is 5.04. The highest BCUT2D eigenvalue weighted by atomic mass is 32.1. The lowest BCUT2D eigenvalue weighted by molar-refractivity contribution is 0.101. The molecule has 0 aliphatic rings. The number of ketones is 1. The molecule has 0 saturated heterocycles. The van der Waals surface area contributed by atoms with Crippen LogP contribution in [0.15, 0.2) is 10.5 Å². The van der Waals surface area contributed by atoms with E-state index in [1.807, 2.05) is 6.92 Å². The van der Waals surface area contributed by atoms with E-state index in [1.165, 1.54) is 18.3 Å². The highest BCUT2D eigenvalue weighted by molar-refractivity contribution is 7.22. The Bertz CT molecular complexity index is 834. The van der Waals surface area contributed by atoms with Crippen LogP contribution in [0.4, 0.5) is 5.69 Å². The molecule has 102 valence electrons. The summed E-state index contributed by atoms with van der Waals surface area (Å²) in [5, 5.41) is 8.52. The van der Waals surface area contributed by atoms with E-state index in [0.29, 0.717) is 33.6 Å². The molecule has 0 aliphatic carbocycles. The standard InChI is InChI=1S/C13H12N4O2S/c1-5-8(6(2)18)4-9-10(14)11(20-13(9)15-5)12-17-16-7(3)19-12/h4H,14H2,1-3H3. The first-order chi connectivity index (χ1) is 9.47. The number of hydrogen-bond acceptors (Lipinski definition) is 7. The molecule has 0 unspecified atom stereocenters.